The van der Waals surface area contributed by atoms with Crippen LogP contribution >= 0.6 is 0 Å². The smallest absolute Gasteiger partial charge is 0.225 e. The van der Waals surface area contributed by atoms with Gasteiger partial charge in [-0.05, 0) is 85.9 Å². The minimum Gasteiger partial charge on any atom is -0.408 e. The van der Waals surface area contributed by atoms with Gasteiger partial charge in [0, 0.05) is 55.6 Å². The summed E-state index contributed by atoms with van der Waals surface area (Å²) in [5.74, 6) is 3.29. The van der Waals surface area contributed by atoms with E-state index in [0.717, 1.165) is 78.6 Å². The molecule has 0 saturated heterocycles. The number of hydroxylamine groups is 1. The van der Waals surface area contributed by atoms with Crippen LogP contribution in [0.3, 0.4) is 0 Å². The Kier molecular flexibility index (Phi) is 13.2. The molecule has 1 aromatic heterocycles. The van der Waals surface area contributed by atoms with Gasteiger partial charge in [0.15, 0.2) is 18.3 Å². The highest BCUT2D eigenvalue weighted by molar-refractivity contribution is 7.44. The Morgan fingerprint density at radius 2 is 1.45 bits per heavy atom. The molecule has 4 aromatic carbocycles. The fourth-order valence-electron chi connectivity index (χ4n) is 6.12. The van der Waals surface area contributed by atoms with Gasteiger partial charge >= 0.3 is 0 Å². The molecule has 1 aliphatic rings. The molecule has 5 aromatic rings. The second kappa shape index (κ2) is 17.5. The average molecular weight is 657 g/mol. The van der Waals surface area contributed by atoms with Gasteiger partial charge in [-0.15, -0.1) is 0 Å². The maximum Gasteiger partial charge on any atom is 0.225 e. The SMILES string of the molecule is C.CN(C)c1cccc2c(ONCC3CCC(CNc4nc(NCCc5ccc(F)cc5)c5ccccc5n4)CC3)cccc12.O=S. The van der Waals surface area contributed by atoms with E-state index in [-0.39, 0.29) is 13.2 Å². The molecule has 47 heavy (non-hydrogen) atoms. The fourth-order valence-corrected chi connectivity index (χ4v) is 6.12. The third kappa shape index (κ3) is 9.33. The number of hydrogen-bond donors (Lipinski definition) is 3. The van der Waals surface area contributed by atoms with Crippen molar-refractivity contribution >= 4 is 51.7 Å². The van der Waals surface area contributed by atoms with E-state index in [2.05, 4.69) is 78.0 Å². The van der Waals surface area contributed by atoms with Gasteiger partial charge in [0.05, 0.1) is 5.52 Å². The summed E-state index contributed by atoms with van der Waals surface area (Å²) in [6.07, 6.45) is 5.44. The molecular weight excluding hydrogens is 612 g/mol. The van der Waals surface area contributed by atoms with Crippen LogP contribution in [-0.2, 0) is 19.0 Å². The van der Waals surface area contributed by atoms with Gasteiger partial charge in [-0.2, -0.15) is 14.7 Å². The molecule has 8 nitrogen and oxygen atoms in total. The van der Waals surface area contributed by atoms with Crippen LogP contribution in [0.1, 0.15) is 38.7 Å². The van der Waals surface area contributed by atoms with Crippen LogP contribution in [0.2, 0.25) is 0 Å². The normalized spacial score (nSPS) is 15.6. The zero-order valence-electron chi connectivity index (χ0n) is 26.3. The van der Waals surface area contributed by atoms with E-state index >= 15 is 0 Å². The zero-order valence-corrected chi connectivity index (χ0v) is 27.2. The number of nitrogens with one attached hydrogen (secondary N) is 3. The Labute approximate surface area is 282 Å². The molecule has 0 unspecified atom stereocenters. The van der Waals surface area contributed by atoms with Crippen molar-refractivity contribution in [3.8, 4) is 5.75 Å². The van der Waals surface area contributed by atoms with Gasteiger partial charge in [-0.3, -0.25) is 0 Å². The number of fused-ring (bicyclic) bond motifs is 2. The summed E-state index contributed by atoms with van der Waals surface area (Å²) in [7, 11) is 4.13. The van der Waals surface area contributed by atoms with Gasteiger partial charge < -0.3 is 20.4 Å². The number of para-hydroxylation sites is 1. The van der Waals surface area contributed by atoms with Gasteiger partial charge in [0.1, 0.15) is 11.6 Å². The summed E-state index contributed by atoms with van der Waals surface area (Å²) >= 11 is 2.83. The number of benzene rings is 4. The molecule has 248 valence electrons. The molecule has 1 fully saturated rings. The van der Waals surface area contributed by atoms with Crippen LogP contribution in [0.25, 0.3) is 21.7 Å². The highest BCUT2D eigenvalue weighted by Gasteiger charge is 2.22. The first-order valence-corrected chi connectivity index (χ1v) is 16.1. The summed E-state index contributed by atoms with van der Waals surface area (Å²) in [4.78, 5) is 17.8. The van der Waals surface area contributed by atoms with Gasteiger partial charge in [0.25, 0.3) is 0 Å². The first kappa shape index (κ1) is 35.4. The molecule has 0 atom stereocenters. The van der Waals surface area contributed by atoms with E-state index in [9.17, 15) is 4.39 Å². The molecule has 1 aliphatic carbocycles. The van der Waals surface area contributed by atoms with Crippen LogP contribution in [-0.4, -0.2) is 47.9 Å². The predicted molar refractivity (Wildman–Crippen MR) is 194 cm³/mol. The van der Waals surface area contributed by atoms with Crippen molar-refractivity contribution in [1.82, 2.24) is 15.4 Å². The van der Waals surface area contributed by atoms with E-state index in [1.54, 1.807) is 0 Å². The van der Waals surface area contributed by atoms with Crippen molar-refractivity contribution in [3.63, 3.8) is 0 Å². The van der Waals surface area contributed by atoms with Crippen LogP contribution in [0.15, 0.2) is 84.9 Å². The highest BCUT2D eigenvalue weighted by Crippen LogP contribution is 2.32. The molecule has 0 radical (unpaired) electrons. The largest absolute Gasteiger partial charge is 0.408 e. The number of aromatic nitrogens is 2. The second-order valence-corrected chi connectivity index (χ2v) is 12.0. The van der Waals surface area contributed by atoms with Crippen molar-refractivity contribution in [2.45, 2.75) is 39.5 Å². The third-order valence-corrected chi connectivity index (χ3v) is 8.63. The first-order chi connectivity index (χ1) is 22.5. The monoisotopic (exact) mass is 656 g/mol. The molecule has 1 saturated carbocycles. The van der Waals surface area contributed by atoms with Gasteiger partial charge in [-0.25, -0.2) is 9.37 Å². The number of nitrogens with zero attached hydrogens (tertiary/aromatic N) is 3. The molecule has 0 amide bonds. The van der Waals surface area contributed by atoms with Crippen LogP contribution in [0, 0.1) is 17.7 Å². The van der Waals surface area contributed by atoms with E-state index in [1.807, 2.05) is 42.5 Å². The third-order valence-electron chi connectivity index (χ3n) is 8.63. The molecule has 0 spiro atoms. The Hall–Kier alpha value is -4.41. The van der Waals surface area contributed by atoms with Crippen molar-refractivity contribution in [1.29, 1.82) is 0 Å². The Bertz CT molecular complexity index is 1710. The lowest BCUT2D eigenvalue weighted by Gasteiger charge is -2.28. The summed E-state index contributed by atoms with van der Waals surface area (Å²) in [5, 5.41) is 10.3. The topological polar surface area (TPSA) is 91.4 Å². The van der Waals surface area contributed by atoms with E-state index in [0.29, 0.717) is 24.3 Å². The minimum absolute atomic E-state index is 0. The lowest BCUT2D eigenvalue weighted by Crippen LogP contribution is -2.30. The molecule has 0 aliphatic heterocycles. The zero-order chi connectivity index (χ0) is 32.3. The quantitative estimate of drug-likeness (QED) is 0.117. The number of halogens is 1. The molecule has 10 heteroatoms. The predicted octanol–water partition coefficient (Wildman–Crippen LogP) is 7.74. The first-order valence-electron chi connectivity index (χ1n) is 15.8. The summed E-state index contributed by atoms with van der Waals surface area (Å²) in [6.45, 7) is 2.39. The summed E-state index contributed by atoms with van der Waals surface area (Å²) < 4.78 is 21.1. The van der Waals surface area contributed by atoms with Gasteiger partial charge in [0.2, 0.25) is 5.95 Å². The Morgan fingerprint density at radius 3 is 2.19 bits per heavy atom. The summed E-state index contributed by atoms with van der Waals surface area (Å²) in [5.41, 5.74) is 6.44. The fraction of sp³-hybridized carbons (Fsp3) is 0.351. The lowest BCUT2D eigenvalue weighted by atomic mass is 9.82. The number of anilines is 3. The van der Waals surface area contributed by atoms with Crippen molar-refractivity contribution in [2.75, 3.05) is 49.3 Å². The lowest BCUT2D eigenvalue weighted by molar-refractivity contribution is 0.157. The Balaban J connectivity index is 0.00000164. The van der Waals surface area contributed by atoms with Crippen molar-refractivity contribution in [2.24, 2.45) is 11.8 Å². The van der Waals surface area contributed by atoms with Crippen molar-refractivity contribution < 1.29 is 13.4 Å². The van der Waals surface area contributed by atoms with E-state index in [1.165, 1.54) is 23.2 Å². The Morgan fingerprint density at radius 1 is 0.787 bits per heavy atom. The maximum atomic E-state index is 13.3. The standard InChI is InChI=1S/C36H41FN6O.CH4.OS/c1-43(2)33-11-5-9-30-29(33)8-6-12-34(30)44-40-24-27-15-13-26(14-16-27)23-39-36-41-32-10-4-3-7-31(32)35(42-36)38-22-21-25-17-19-28(37)20-18-25;;1-2/h3-12,17-20,26-27,40H,13-16,21-24H2,1-2H3,(H2,38,39,41,42);1H4;. The van der Waals surface area contributed by atoms with Crippen LogP contribution in [0.4, 0.5) is 21.8 Å². The second-order valence-electron chi connectivity index (χ2n) is 12.0. The van der Waals surface area contributed by atoms with E-state index in [4.69, 9.17) is 19.0 Å². The molecule has 0 bridgehead atoms. The molecule has 6 rings (SSSR count). The highest BCUT2D eigenvalue weighted by atomic mass is 32.1. The van der Waals surface area contributed by atoms with E-state index < -0.39 is 0 Å². The maximum absolute atomic E-state index is 13.3. The summed E-state index contributed by atoms with van der Waals surface area (Å²) in [6, 6.07) is 27.3. The van der Waals surface area contributed by atoms with Crippen LogP contribution < -0.4 is 25.9 Å². The number of hydrogen-bond acceptors (Lipinski definition) is 9. The van der Waals surface area contributed by atoms with Crippen LogP contribution in [0.5, 0.6) is 5.75 Å². The molecule has 1 heterocycles. The molecular formula is C37H45FN6O2S. The van der Waals surface area contributed by atoms with Gasteiger partial charge in [-0.1, -0.05) is 56.0 Å². The number of rotatable bonds is 12. The molecule has 3 N–H and O–H groups in total. The average Bonchev–Trinajstić information content (AvgIpc) is 3.09. The minimum atomic E-state index is -0.214. The van der Waals surface area contributed by atoms with Crippen molar-refractivity contribution in [3.05, 3.63) is 96.3 Å².